The van der Waals surface area contributed by atoms with Crippen molar-refractivity contribution in [1.82, 2.24) is 4.90 Å². The van der Waals surface area contributed by atoms with Gasteiger partial charge in [-0.15, -0.1) is 0 Å². The molecule has 0 aliphatic rings. The molecule has 17 heavy (non-hydrogen) atoms. The van der Waals surface area contributed by atoms with Crippen LogP contribution in [0.4, 0.5) is 0 Å². The zero-order chi connectivity index (χ0) is 12.4. The number of halogens is 1. The Morgan fingerprint density at radius 2 is 2.06 bits per heavy atom. The normalized spacial score (nSPS) is 10.5. The number of nitrogens with zero attached hydrogens (tertiary/aromatic N) is 1. The molecule has 0 heterocycles. The van der Waals surface area contributed by atoms with Crippen molar-refractivity contribution in [2.45, 2.75) is 13.5 Å². The first-order chi connectivity index (χ1) is 8.08. The third-order valence-corrected chi connectivity index (χ3v) is 3.37. The van der Waals surface area contributed by atoms with Crippen molar-refractivity contribution < 1.29 is 4.79 Å². The molecule has 2 nitrogen and oxygen atoms in total. The monoisotopic (exact) mass is 291 g/mol. The minimum absolute atomic E-state index is 0.0825. The van der Waals surface area contributed by atoms with Crippen LogP contribution in [0.2, 0.25) is 0 Å². The van der Waals surface area contributed by atoms with Crippen LogP contribution in [-0.2, 0) is 11.3 Å². The highest BCUT2D eigenvalue weighted by Crippen LogP contribution is 2.23. The second kappa shape index (κ2) is 4.88. The van der Waals surface area contributed by atoms with Gasteiger partial charge in [0.15, 0.2) is 0 Å². The zero-order valence-electron chi connectivity index (χ0n) is 9.90. The first-order valence-corrected chi connectivity index (χ1v) is 6.26. The van der Waals surface area contributed by atoms with E-state index in [-0.39, 0.29) is 5.91 Å². The van der Waals surface area contributed by atoms with Crippen LogP contribution in [0.5, 0.6) is 0 Å². The van der Waals surface area contributed by atoms with Crippen LogP contribution in [-0.4, -0.2) is 17.9 Å². The molecule has 0 saturated heterocycles. The Morgan fingerprint density at radius 3 is 2.76 bits per heavy atom. The SMILES string of the molecule is CC(=O)N(C)Cc1cccc2cc(Br)ccc12. The molecule has 0 aliphatic heterocycles. The molecule has 0 spiro atoms. The zero-order valence-corrected chi connectivity index (χ0v) is 11.5. The number of hydrogen-bond donors (Lipinski definition) is 0. The number of carbonyl (C=O) groups excluding carboxylic acids is 1. The van der Waals surface area contributed by atoms with Crippen LogP contribution in [0.15, 0.2) is 40.9 Å². The van der Waals surface area contributed by atoms with E-state index in [9.17, 15) is 4.79 Å². The van der Waals surface area contributed by atoms with E-state index in [1.807, 2.05) is 19.2 Å². The van der Waals surface area contributed by atoms with Gasteiger partial charge in [0.2, 0.25) is 5.91 Å². The lowest BCUT2D eigenvalue weighted by atomic mass is 10.0. The summed E-state index contributed by atoms with van der Waals surface area (Å²) in [6, 6.07) is 12.4. The molecule has 0 radical (unpaired) electrons. The Kier molecular flexibility index (Phi) is 3.48. The number of rotatable bonds is 2. The first-order valence-electron chi connectivity index (χ1n) is 5.47. The molecule has 0 unspecified atom stereocenters. The highest BCUT2D eigenvalue weighted by molar-refractivity contribution is 9.10. The summed E-state index contributed by atoms with van der Waals surface area (Å²) in [6.07, 6.45) is 0. The number of amides is 1. The number of benzene rings is 2. The third-order valence-electron chi connectivity index (χ3n) is 2.88. The van der Waals surface area contributed by atoms with Gasteiger partial charge in [-0.3, -0.25) is 4.79 Å². The van der Waals surface area contributed by atoms with Gasteiger partial charge in [-0.2, -0.15) is 0 Å². The minimum Gasteiger partial charge on any atom is -0.342 e. The van der Waals surface area contributed by atoms with Gasteiger partial charge in [0.05, 0.1) is 0 Å². The molecule has 0 fully saturated rings. The number of carbonyl (C=O) groups is 1. The van der Waals surface area contributed by atoms with E-state index in [0.29, 0.717) is 6.54 Å². The Labute approximate surface area is 109 Å². The Morgan fingerprint density at radius 1 is 1.29 bits per heavy atom. The smallest absolute Gasteiger partial charge is 0.219 e. The van der Waals surface area contributed by atoms with Crippen molar-refractivity contribution in [1.29, 1.82) is 0 Å². The van der Waals surface area contributed by atoms with Gasteiger partial charge in [0.25, 0.3) is 0 Å². The summed E-state index contributed by atoms with van der Waals surface area (Å²) in [6.45, 7) is 2.23. The van der Waals surface area contributed by atoms with Crippen LogP contribution >= 0.6 is 15.9 Å². The Hall–Kier alpha value is -1.35. The van der Waals surface area contributed by atoms with E-state index in [1.165, 1.54) is 16.3 Å². The summed E-state index contributed by atoms with van der Waals surface area (Å²) in [5.41, 5.74) is 1.17. The molecule has 2 aromatic rings. The summed E-state index contributed by atoms with van der Waals surface area (Å²) >= 11 is 3.47. The van der Waals surface area contributed by atoms with E-state index < -0.39 is 0 Å². The van der Waals surface area contributed by atoms with Crippen molar-refractivity contribution in [2.75, 3.05) is 7.05 Å². The lowest BCUT2D eigenvalue weighted by Crippen LogP contribution is -2.23. The van der Waals surface area contributed by atoms with Gasteiger partial charge in [-0.25, -0.2) is 0 Å². The predicted octanol–water partition coefficient (Wildman–Crippen LogP) is 3.58. The van der Waals surface area contributed by atoms with Gasteiger partial charge < -0.3 is 4.90 Å². The second-order valence-corrected chi connectivity index (χ2v) is 5.07. The van der Waals surface area contributed by atoms with E-state index in [0.717, 1.165) is 4.47 Å². The van der Waals surface area contributed by atoms with Crippen LogP contribution in [0.3, 0.4) is 0 Å². The van der Waals surface area contributed by atoms with Crippen molar-refractivity contribution in [3.63, 3.8) is 0 Å². The average molecular weight is 292 g/mol. The summed E-state index contributed by atoms with van der Waals surface area (Å²) in [4.78, 5) is 13.0. The van der Waals surface area contributed by atoms with Gasteiger partial charge in [-0.1, -0.05) is 40.2 Å². The van der Waals surface area contributed by atoms with Crippen LogP contribution in [0, 0.1) is 0 Å². The summed E-state index contributed by atoms with van der Waals surface area (Å²) < 4.78 is 1.07. The molecule has 0 bridgehead atoms. The fourth-order valence-corrected chi connectivity index (χ4v) is 2.21. The molecule has 0 N–H and O–H groups in total. The molecule has 88 valence electrons. The summed E-state index contributed by atoms with van der Waals surface area (Å²) in [7, 11) is 1.82. The van der Waals surface area contributed by atoms with Crippen molar-refractivity contribution >= 4 is 32.6 Å². The Bertz CT molecular complexity index is 565. The fraction of sp³-hybridized carbons (Fsp3) is 0.214. The van der Waals surface area contributed by atoms with E-state index in [1.54, 1.807) is 11.8 Å². The highest BCUT2D eigenvalue weighted by atomic mass is 79.9. The van der Waals surface area contributed by atoms with Gasteiger partial charge in [0, 0.05) is 25.0 Å². The average Bonchev–Trinajstić information content (AvgIpc) is 2.28. The van der Waals surface area contributed by atoms with Gasteiger partial charge in [-0.05, 0) is 28.5 Å². The van der Waals surface area contributed by atoms with Crippen LogP contribution in [0.1, 0.15) is 12.5 Å². The van der Waals surface area contributed by atoms with E-state index >= 15 is 0 Å². The van der Waals surface area contributed by atoms with Crippen molar-refractivity contribution in [3.05, 3.63) is 46.4 Å². The van der Waals surface area contributed by atoms with Crippen LogP contribution < -0.4 is 0 Å². The Balaban J connectivity index is 2.44. The van der Waals surface area contributed by atoms with Gasteiger partial charge >= 0.3 is 0 Å². The molecule has 1 amide bonds. The topological polar surface area (TPSA) is 20.3 Å². The first kappa shape index (κ1) is 12.1. The maximum absolute atomic E-state index is 11.3. The van der Waals surface area contributed by atoms with E-state index in [2.05, 4.69) is 40.2 Å². The molecule has 2 aromatic carbocycles. The largest absolute Gasteiger partial charge is 0.342 e. The standard InChI is InChI=1S/C14H14BrNO/c1-10(17)16(2)9-12-5-3-4-11-8-13(15)6-7-14(11)12/h3-8H,9H2,1-2H3. The maximum Gasteiger partial charge on any atom is 0.219 e. The third kappa shape index (κ3) is 2.67. The molecule has 0 atom stereocenters. The lowest BCUT2D eigenvalue weighted by molar-refractivity contribution is -0.128. The quantitative estimate of drug-likeness (QED) is 0.828. The molecular formula is C14H14BrNO. The highest BCUT2D eigenvalue weighted by Gasteiger charge is 2.06. The van der Waals surface area contributed by atoms with Crippen LogP contribution in [0.25, 0.3) is 10.8 Å². The summed E-state index contributed by atoms with van der Waals surface area (Å²) in [5, 5.41) is 2.39. The van der Waals surface area contributed by atoms with Crippen molar-refractivity contribution in [2.24, 2.45) is 0 Å². The van der Waals surface area contributed by atoms with Gasteiger partial charge in [0.1, 0.15) is 0 Å². The molecular weight excluding hydrogens is 278 g/mol. The molecule has 0 aromatic heterocycles. The lowest BCUT2D eigenvalue weighted by Gasteiger charge is -2.16. The molecule has 0 saturated carbocycles. The molecule has 0 aliphatic carbocycles. The number of hydrogen-bond acceptors (Lipinski definition) is 1. The second-order valence-electron chi connectivity index (χ2n) is 4.16. The maximum atomic E-state index is 11.3. The molecule has 2 rings (SSSR count). The van der Waals surface area contributed by atoms with Crippen molar-refractivity contribution in [3.8, 4) is 0 Å². The minimum atomic E-state index is 0.0825. The number of fused-ring (bicyclic) bond motifs is 1. The summed E-state index contributed by atoms with van der Waals surface area (Å²) in [5.74, 6) is 0.0825. The van der Waals surface area contributed by atoms with E-state index in [4.69, 9.17) is 0 Å². The predicted molar refractivity (Wildman–Crippen MR) is 73.8 cm³/mol. The molecule has 3 heteroatoms. The fourth-order valence-electron chi connectivity index (χ4n) is 1.83.